The second kappa shape index (κ2) is 5.01. The summed E-state index contributed by atoms with van der Waals surface area (Å²) in [6.45, 7) is 1.65. The van der Waals surface area contributed by atoms with E-state index in [1.807, 2.05) is 11.4 Å². The molecule has 1 aromatic rings. The van der Waals surface area contributed by atoms with Crippen LogP contribution in [0.5, 0.6) is 0 Å². The van der Waals surface area contributed by atoms with E-state index >= 15 is 0 Å². The van der Waals surface area contributed by atoms with Gasteiger partial charge in [0, 0.05) is 29.5 Å². The summed E-state index contributed by atoms with van der Waals surface area (Å²) < 4.78 is 0. The highest BCUT2D eigenvalue weighted by Crippen LogP contribution is 2.20. The monoisotopic (exact) mass is 243 g/mol. The molecule has 0 saturated carbocycles. The summed E-state index contributed by atoms with van der Waals surface area (Å²) in [7, 11) is 0. The van der Waals surface area contributed by atoms with E-state index in [9.17, 15) is 4.79 Å². The molecular weight excluding hydrogens is 230 g/mol. The van der Waals surface area contributed by atoms with Gasteiger partial charge in [-0.1, -0.05) is 6.07 Å². The Balaban J connectivity index is 2.02. The van der Waals surface area contributed by atoms with Crippen LogP contribution >= 0.6 is 23.1 Å². The van der Waals surface area contributed by atoms with E-state index in [-0.39, 0.29) is 6.04 Å². The lowest BCUT2D eigenvalue weighted by atomic mass is 10.2. The van der Waals surface area contributed by atoms with E-state index in [0.717, 1.165) is 18.8 Å². The van der Waals surface area contributed by atoms with Crippen molar-refractivity contribution < 1.29 is 9.90 Å². The molecule has 1 aromatic heterocycles. The van der Waals surface area contributed by atoms with E-state index in [0.29, 0.717) is 5.75 Å². The van der Waals surface area contributed by atoms with Gasteiger partial charge in [0.05, 0.1) is 0 Å². The molecule has 1 saturated heterocycles. The number of carboxylic acid groups (broad SMARTS) is 1. The Hall–Kier alpha value is -0.520. The van der Waals surface area contributed by atoms with Gasteiger partial charge in [-0.2, -0.15) is 11.8 Å². The second-order valence-electron chi connectivity index (χ2n) is 3.48. The smallest absolute Gasteiger partial charge is 0.321 e. The molecule has 1 fully saturated rings. The Kier molecular flexibility index (Phi) is 3.66. The first-order chi connectivity index (χ1) is 7.27. The van der Waals surface area contributed by atoms with E-state index in [1.54, 1.807) is 23.1 Å². The van der Waals surface area contributed by atoms with Crippen LogP contribution in [0.1, 0.15) is 4.88 Å². The van der Waals surface area contributed by atoms with E-state index in [1.165, 1.54) is 4.88 Å². The molecule has 82 valence electrons. The van der Waals surface area contributed by atoms with Gasteiger partial charge in [-0.15, -0.1) is 11.3 Å². The third-order valence-corrected chi connectivity index (χ3v) is 4.35. The van der Waals surface area contributed by atoms with Crippen LogP contribution in [0.4, 0.5) is 0 Å². The number of aliphatic carboxylic acids is 1. The van der Waals surface area contributed by atoms with Crippen LogP contribution < -0.4 is 0 Å². The van der Waals surface area contributed by atoms with Crippen molar-refractivity contribution in [3.8, 4) is 0 Å². The Morgan fingerprint density at radius 3 is 3.20 bits per heavy atom. The molecule has 1 N–H and O–H groups in total. The van der Waals surface area contributed by atoms with E-state index in [4.69, 9.17) is 5.11 Å². The second-order valence-corrected chi connectivity index (χ2v) is 5.66. The summed E-state index contributed by atoms with van der Waals surface area (Å²) in [6, 6.07) is 3.76. The molecule has 0 amide bonds. The van der Waals surface area contributed by atoms with Crippen LogP contribution in [0, 0.1) is 0 Å². The highest BCUT2D eigenvalue weighted by molar-refractivity contribution is 7.99. The molecule has 0 spiro atoms. The number of rotatable bonds is 3. The first kappa shape index (κ1) is 11.0. The Bertz CT molecular complexity index is 326. The zero-order chi connectivity index (χ0) is 10.7. The third-order valence-electron chi connectivity index (χ3n) is 2.46. The van der Waals surface area contributed by atoms with Crippen molar-refractivity contribution >= 4 is 29.1 Å². The summed E-state index contributed by atoms with van der Waals surface area (Å²) >= 11 is 3.42. The minimum atomic E-state index is -0.696. The van der Waals surface area contributed by atoms with Gasteiger partial charge in [-0.3, -0.25) is 9.69 Å². The molecule has 0 radical (unpaired) electrons. The molecule has 0 aliphatic carbocycles. The van der Waals surface area contributed by atoms with E-state index < -0.39 is 5.97 Å². The lowest BCUT2D eigenvalue weighted by Crippen LogP contribution is -2.46. The summed E-state index contributed by atoms with van der Waals surface area (Å²) in [5, 5.41) is 11.1. The van der Waals surface area contributed by atoms with Gasteiger partial charge in [0.15, 0.2) is 0 Å². The first-order valence-corrected chi connectivity index (χ1v) is 6.88. The molecule has 1 aliphatic heterocycles. The Morgan fingerprint density at radius 1 is 1.67 bits per heavy atom. The number of nitrogens with zero attached hydrogens (tertiary/aromatic N) is 1. The van der Waals surface area contributed by atoms with Crippen LogP contribution in [0.15, 0.2) is 17.5 Å². The number of thioether (sulfide) groups is 1. The maximum absolute atomic E-state index is 11.0. The molecule has 5 heteroatoms. The van der Waals surface area contributed by atoms with Crippen molar-refractivity contribution in [2.75, 3.05) is 18.1 Å². The van der Waals surface area contributed by atoms with Crippen LogP contribution in [-0.2, 0) is 11.3 Å². The number of carbonyl (C=O) groups is 1. The topological polar surface area (TPSA) is 40.5 Å². The molecule has 0 bridgehead atoms. The summed E-state index contributed by atoms with van der Waals surface area (Å²) in [6.07, 6.45) is 0. The lowest BCUT2D eigenvalue weighted by Gasteiger charge is -2.31. The molecule has 2 heterocycles. The van der Waals surface area contributed by atoms with Crippen molar-refractivity contribution in [2.24, 2.45) is 0 Å². The average molecular weight is 243 g/mol. The third kappa shape index (κ3) is 2.74. The van der Waals surface area contributed by atoms with Gasteiger partial charge in [-0.05, 0) is 11.4 Å². The van der Waals surface area contributed by atoms with Gasteiger partial charge >= 0.3 is 5.97 Å². The Morgan fingerprint density at radius 2 is 2.53 bits per heavy atom. The predicted octanol–water partition coefficient (Wildman–Crippen LogP) is 1.75. The minimum absolute atomic E-state index is 0.314. The van der Waals surface area contributed by atoms with Crippen LogP contribution in [0.2, 0.25) is 0 Å². The highest BCUT2D eigenvalue weighted by Gasteiger charge is 2.28. The normalized spacial score (nSPS) is 22.8. The molecule has 1 atom stereocenters. The van der Waals surface area contributed by atoms with Crippen molar-refractivity contribution in [3.05, 3.63) is 22.4 Å². The maximum Gasteiger partial charge on any atom is 0.321 e. The predicted molar refractivity (Wildman–Crippen MR) is 63.5 cm³/mol. The number of hydrogen-bond acceptors (Lipinski definition) is 4. The standard InChI is InChI=1S/C10H13NO2S2/c12-10(13)9-7-14-5-3-11(9)6-8-2-1-4-15-8/h1-2,4,9H,3,5-7H2,(H,12,13). The van der Waals surface area contributed by atoms with Crippen molar-refractivity contribution in [1.29, 1.82) is 0 Å². The van der Waals surface area contributed by atoms with Gasteiger partial charge in [0.2, 0.25) is 0 Å². The van der Waals surface area contributed by atoms with Crippen molar-refractivity contribution in [3.63, 3.8) is 0 Å². The van der Waals surface area contributed by atoms with Crippen molar-refractivity contribution in [2.45, 2.75) is 12.6 Å². The fourth-order valence-electron chi connectivity index (χ4n) is 1.66. The number of carboxylic acids is 1. The molecule has 1 aliphatic rings. The summed E-state index contributed by atoms with van der Waals surface area (Å²) in [4.78, 5) is 14.3. The van der Waals surface area contributed by atoms with Gasteiger partial charge in [0.1, 0.15) is 6.04 Å². The molecule has 15 heavy (non-hydrogen) atoms. The Labute approximate surface area is 97.1 Å². The zero-order valence-corrected chi connectivity index (χ0v) is 9.89. The van der Waals surface area contributed by atoms with Crippen molar-refractivity contribution in [1.82, 2.24) is 4.90 Å². The maximum atomic E-state index is 11.0. The van der Waals surface area contributed by atoms with Crippen LogP contribution in [0.25, 0.3) is 0 Å². The molecule has 3 nitrogen and oxygen atoms in total. The highest BCUT2D eigenvalue weighted by atomic mass is 32.2. The SMILES string of the molecule is O=C(O)C1CSCCN1Cc1cccs1. The zero-order valence-electron chi connectivity index (χ0n) is 8.26. The minimum Gasteiger partial charge on any atom is -0.480 e. The largest absolute Gasteiger partial charge is 0.480 e. The number of thiophene rings is 1. The average Bonchev–Trinajstić information content (AvgIpc) is 2.71. The fraction of sp³-hybridized carbons (Fsp3) is 0.500. The molecule has 2 rings (SSSR count). The van der Waals surface area contributed by atoms with Gasteiger partial charge in [0.25, 0.3) is 0 Å². The molecular formula is C10H13NO2S2. The summed E-state index contributed by atoms with van der Waals surface area (Å²) in [5.74, 6) is 1.05. The van der Waals surface area contributed by atoms with Crippen LogP contribution in [-0.4, -0.2) is 40.1 Å². The lowest BCUT2D eigenvalue weighted by molar-refractivity contribution is -0.142. The van der Waals surface area contributed by atoms with Gasteiger partial charge < -0.3 is 5.11 Å². The van der Waals surface area contributed by atoms with E-state index in [2.05, 4.69) is 11.0 Å². The quantitative estimate of drug-likeness (QED) is 0.878. The summed E-state index contributed by atoms with van der Waals surface area (Å²) in [5.41, 5.74) is 0. The fourth-order valence-corrected chi connectivity index (χ4v) is 3.49. The van der Waals surface area contributed by atoms with Crippen LogP contribution in [0.3, 0.4) is 0 Å². The first-order valence-electron chi connectivity index (χ1n) is 4.84. The molecule has 0 aromatic carbocycles. The number of hydrogen-bond donors (Lipinski definition) is 1. The molecule has 1 unspecified atom stereocenters. The van der Waals surface area contributed by atoms with Gasteiger partial charge in [-0.25, -0.2) is 0 Å².